The predicted molar refractivity (Wildman–Crippen MR) is 48.6 cm³/mol. The van der Waals surface area contributed by atoms with E-state index < -0.39 is 5.67 Å². The lowest BCUT2D eigenvalue weighted by Crippen LogP contribution is -2.03. The van der Waals surface area contributed by atoms with Gasteiger partial charge in [0, 0.05) is 12.0 Å². The molecule has 0 amide bonds. The van der Waals surface area contributed by atoms with Crippen molar-refractivity contribution < 1.29 is 9.18 Å². The van der Waals surface area contributed by atoms with Crippen molar-refractivity contribution >= 4 is 6.29 Å². The molecule has 1 nitrogen and oxygen atoms in total. The number of alkyl halides is 1. The second-order valence-electron chi connectivity index (χ2n) is 3.69. The van der Waals surface area contributed by atoms with Crippen LogP contribution in [0.4, 0.5) is 4.39 Å². The maximum atomic E-state index is 13.3. The van der Waals surface area contributed by atoms with Gasteiger partial charge in [-0.2, -0.15) is 0 Å². The number of rotatable bonds is 3. The first-order valence-electron chi connectivity index (χ1n) is 4.45. The van der Waals surface area contributed by atoms with E-state index in [1.54, 1.807) is 12.1 Å². The van der Waals surface area contributed by atoms with E-state index in [1.165, 1.54) is 0 Å². The molecule has 0 atom stereocenters. The van der Waals surface area contributed by atoms with Crippen LogP contribution in [-0.4, -0.2) is 12.0 Å². The second-order valence-corrected chi connectivity index (χ2v) is 3.69. The highest BCUT2D eigenvalue weighted by Crippen LogP contribution is 2.42. The molecule has 0 aliphatic heterocycles. The first-order valence-corrected chi connectivity index (χ1v) is 4.45. The van der Waals surface area contributed by atoms with Gasteiger partial charge in [0.2, 0.25) is 0 Å². The topological polar surface area (TPSA) is 17.1 Å². The van der Waals surface area contributed by atoms with Crippen LogP contribution >= 0.6 is 0 Å². The molecule has 13 heavy (non-hydrogen) atoms. The zero-order valence-electron chi connectivity index (χ0n) is 7.29. The minimum atomic E-state index is -0.942. The van der Waals surface area contributed by atoms with E-state index in [9.17, 15) is 9.18 Å². The van der Waals surface area contributed by atoms with Crippen LogP contribution in [0.25, 0.3) is 0 Å². The van der Waals surface area contributed by atoms with Gasteiger partial charge in [-0.1, -0.05) is 24.3 Å². The lowest BCUT2D eigenvalue weighted by molar-refractivity contribution is 0.112. The van der Waals surface area contributed by atoms with Crippen LogP contribution in [-0.2, 0) is 6.42 Å². The maximum Gasteiger partial charge on any atom is 0.150 e. The van der Waals surface area contributed by atoms with Gasteiger partial charge < -0.3 is 0 Å². The summed E-state index contributed by atoms with van der Waals surface area (Å²) < 4.78 is 13.3. The molecule has 0 bridgehead atoms. The van der Waals surface area contributed by atoms with Gasteiger partial charge in [0.15, 0.2) is 0 Å². The molecule has 0 unspecified atom stereocenters. The SMILES string of the molecule is O=Cc1ccc(CC2(F)CC2)cc1. The van der Waals surface area contributed by atoms with Crippen molar-refractivity contribution in [3.63, 3.8) is 0 Å². The number of hydrogen-bond donors (Lipinski definition) is 0. The summed E-state index contributed by atoms with van der Waals surface area (Å²) in [5, 5.41) is 0. The molecule has 1 aliphatic rings. The molecule has 1 aromatic carbocycles. The first-order chi connectivity index (χ1) is 6.22. The average molecular weight is 178 g/mol. The molecule has 0 aromatic heterocycles. The lowest BCUT2D eigenvalue weighted by Gasteiger charge is -2.04. The second kappa shape index (κ2) is 2.95. The number of carbonyl (C=O) groups excluding carboxylic acids is 1. The summed E-state index contributed by atoms with van der Waals surface area (Å²) in [6, 6.07) is 7.11. The number of benzene rings is 1. The smallest absolute Gasteiger partial charge is 0.150 e. The van der Waals surface area contributed by atoms with E-state index in [4.69, 9.17) is 0 Å². The van der Waals surface area contributed by atoms with Gasteiger partial charge in [-0.25, -0.2) is 4.39 Å². The van der Waals surface area contributed by atoms with Crippen molar-refractivity contribution in [1.29, 1.82) is 0 Å². The summed E-state index contributed by atoms with van der Waals surface area (Å²) in [7, 11) is 0. The van der Waals surface area contributed by atoms with E-state index in [1.807, 2.05) is 12.1 Å². The van der Waals surface area contributed by atoms with E-state index in [0.29, 0.717) is 24.8 Å². The minimum Gasteiger partial charge on any atom is -0.298 e. The van der Waals surface area contributed by atoms with Crippen LogP contribution in [0, 0.1) is 0 Å². The Labute approximate surface area is 76.6 Å². The Balaban J connectivity index is 2.09. The fraction of sp³-hybridized carbons (Fsp3) is 0.364. The fourth-order valence-electron chi connectivity index (χ4n) is 1.39. The van der Waals surface area contributed by atoms with E-state index >= 15 is 0 Å². The molecule has 2 rings (SSSR count). The first kappa shape index (κ1) is 8.42. The normalized spacial score (nSPS) is 18.2. The quantitative estimate of drug-likeness (QED) is 0.650. The highest BCUT2D eigenvalue weighted by atomic mass is 19.1. The third kappa shape index (κ3) is 1.94. The largest absolute Gasteiger partial charge is 0.298 e. The lowest BCUT2D eigenvalue weighted by atomic mass is 10.1. The molecule has 0 saturated heterocycles. The van der Waals surface area contributed by atoms with Gasteiger partial charge >= 0.3 is 0 Å². The number of halogens is 1. The van der Waals surface area contributed by atoms with Crippen LogP contribution in [0.1, 0.15) is 28.8 Å². The van der Waals surface area contributed by atoms with E-state index in [-0.39, 0.29) is 0 Å². The predicted octanol–water partition coefficient (Wildman–Crippen LogP) is 2.54. The molecular weight excluding hydrogens is 167 g/mol. The van der Waals surface area contributed by atoms with Gasteiger partial charge in [-0.05, 0) is 18.4 Å². The highest BCUT2D eigenvalue weighted by Gasteiger charge is 2.42. The Kier molecular flexibility index (Phi) is 1.91. The molecule has 2 heteroatoms. The number of carbonyl (C=O) groups is 1. The van der Waals surface area contributed by atoms with Crippen molar-refractivity contribution in [2.24, 2.45) is 0 Å². The summed E-state index contributed by atoms with van der Waals surface area (Å²) in [6.07, 6.45) is 2.66. The molecule has 0 radical (unpaired) electrons. The Morgan fingerprint density at radius 1 is 1.31 bits per heavy atom. The van der Waals surface area contributed by atoms with Crippen molar-refractivity contribution in [2.45, 2.75) is 24.9 Å². The third-order valence-corrected chi connectivity index (χ3v) is 2.43. The van der Waals surface area contributed by atoms with Crippen LogP contribution in [0.3, 0.4) is 0 Å². The Bertz CT molecular complexity index is 311. The Morgan fingerprint density at radius 2 is 1.92 bits per heavy atom. The van der Waals surface area contributed by atoms with Crippen molar-refractivity contribution in [3.8, 4) is 0 Å². The van der Waals surface area contributed by atoms with E-state index in [2.05, 4.69) is 0 Å². The highest BCUT2D eigenvalue weighted by molar-refractivity contribution is 5.74. The van der Waals surface area contributed by atoms with Gasteiger partial charge in [0.25, 0.3) is 0 Å². The third-order valence-electron chi connectivity index (χ3n) is 2.43. The van der Waals surface area contributed by atoms with Gasteiger partial charge in [0.05, 0.1) is 0 Å². The Hall–Kier alpha value is -1.18. The molecule has 1 saturated carbocycles. The number of aldehydes is 1. The summed E-state index contributed by atoms with van der Waals surface area (Å²) in [5.41, 5.74) is 0.681. The van der Waals surface area contributed by atoms with Crippen LogP contribution < -0.4 is 0 Å². The summed E-state index contributed by atoms with van der Waals surface area (Å²) in [5.74, 6) is 0. The monoisotopic (exact) mass is 178 g/mol. The summed E-state index contributed by atoms with van der Waals surface area (Å²) in [6.45, 7) is 0. The van der Waals surface area contributed by atoms with Crippen molar-refractivity contribution in [3.05, 3.63) is 35.4 Å². The maximum absolute atomic E-state index is 13.3. The molecule has 0 spiro atoms. The molecule has 0 N–H and O–H groups in total. The number of hydrogen-bond acceptors (Lipinski definition) is 1. The van der Waals surface area contributed by atoms with Crippen LogP contribution in [0.5, 0.6) is 0 Å². The van der Waals surface area contributed by atoms with Crippen LogP contribution in [0.2, 0.25) is 0 Å². The molecule has 0 heterocycles. The van der Waals surface area contributed by atoms with Crippen LogP contribution in [0.15, 0.2) is 24.3 Å². The van der Waals surface area contributed by atoms with E-state index in [0.717, 1.165) is 11.8 Å². The summed E-state index contributed by atoms with van der Waals surface area (Å²) >= 11 is 0. The van der Waals surface area contributed by atoms with Gasteiger partial charge in [-0.3, -0.25) is 4.79 Å². The zero-order valence-corrected chi connectivity index (χ0v) is 7.29. The minimum absolute atomic E-state index is 0.492. The van der Waals surface area contributed by atoms with Crippen molar-refractivity contribution in [1.82, 2.24) is 0 Å². The molecule has 68 valence electrons. The Morgan fingerprint density at radius 3 is 2.38 bits per heavy atom. The molecule has 1 aromatic rings. The molecule has 1 fully saturated rings. The average Bonchev–Trinajstić information content (AvgIpc) is 2.85. The van der Waals surface area contributed by atoms with Gasteiger partial charge in [-0.15, -0.1) is 0 Å². The molecule has 1 aliphatic carbocycles. The fourth-order valence-corrected chi connectivity index (χ4v) is 1.39. The standard InChI is InChI=1S/C11H11FO/c12-11(5-6-11)7-9-1-3-10(8-13)4-2-9/h1-4,8H,5-7H2. The summed E-state index contributed by atoms with van der Waals surface area (Å²) in [4.78, 5) is 10.3. The van der Waals surface area contributed by atoms with Gasteiger partial charge in [0.1, 0.15) is 12.0 Å². The zero-order chi connectivity index (χ0) is 9.31. The van der Waals surface area contributed by atoms with Crippen molar-refractivity contribution in [2.75, 3.05) is 0 Å². The molecular formula is C11H11FO.